The lowest BCUT2D eigenvalue weighted by atomic mass is 10.0. The zero-order valence-electron chi connectivity index (χ0n) is 18.5. The highest BCUT2D eigenvalue weighted by molar-refractivity contribution is 5.97. The van der Waals surface area contributed by atoms with Gasteiger partial charge in [-0.25, -0.2) is 0 Å². The topological polar surface area (TPSA) is 157 Å². The van der Waals surface area contributed by atoms with Crippen LogP contribution in [-0.4, -0.2) is 88.9 Å². The molecule has 11 nitrogen and oxygen atoms in total. The van der Waals surface area contributed by atoms with Crippen molar-refractivity contribution < 1.29 is 33.8 Å². The van der Waals surface area contributed by atoms with Gasteiger partial charge >= 0.3 is 0 Å². The van der Waals surface area contributed by atoms with Crippen molar-refractivity contribution in [3.05, 3.63) is 0 Å². The maximum Gasteiger partial charge on any atom is 0.246 e. The van der Waals surface area contributed by atoms with E-state index in [-0.39, 0.29) is 24.9 Å². The van der Waals surface area contributed by atoms with Crippen LogP contribution in [0.4, 0.5) is 0 Å². The van der Waals surface area contributed by atoms with E-state index in [0.717, 1.165) is 0 Å². The van der Waals surface area contributed by atoms with E-state index in [1.165, 1.54) is 18.7 Å². The summed E-state index contributed by atoms with van der Waals surface area (Å²) in [5, 5.41) is 18.1. The Morgan fingerprint density at radius 2 is 1.62 bits per heavy atom. The lowest BCUT2D eigenvalue weighted by molar-refractivity contribution is -0.145. The normalized spacial score (nSPS) is 33.4. The van der Waals surface area contributed by atoms with Crippen LogP contribution in [0.15, 0.2) is 0 Å². The van der Waals surface area contributed by atoms with Gasteiger partial charge in [0.25, 0.3) is 0 Å². The zero-order chi connectivity index (χ0) is 23.4. The fourth-order valence-corrected chi connectivity index (χ4v) is 4.08. The number of fused-ring (bicyclic) bond motifs is 1. The largest absolute Gasteiger partial charge is 0.390 e. The molecule has 0 spiro atoms. The van der Waals surface area contributed by atoms with Crippen LogP contribution in [0.5, 0.6) is 0 Å². The average molecular weight is 453 g/mol. The van der Waals surface area contributed by atoms with Crippen molar-refractivity contribution in [3.8, 4) is 0 Å². The van der Waals surface area contributed by atoms with E-state index in [2.05, 4.69) is 16.0 Å². The number of ketones is 1. The predicted octanol–water partition coefficient (Wildman–Crippen LogP) is -1.63. The molecule has 3 heterocycles. The molecule has 3 aliphatic heterocycles. The lowest BCUT2D eigenvalue weighted by Gasteiger charge is -2.32. The third-order valence-corrected chi connectivity index (χ3v) is 6.14. The summed E-state index contributed by atoms with van der Waals surface area (Å²) in [5.41, 5.74) is 0. The zero-order valence-corrected chi connectivity index (χ0v) is 18.5. The van der Waals surface area contributed by atoms with Crippen LogP contribution in [0.1, 0.15) is 52.4 Å². The first-order chi connectivity index (χ1) is 15.2. The Bertz CT molecular complexity index is 769. The van der Waals surface area contributed by atoms with Gasteiger partial charge in [-0.15, -0.1) is 0 Å². The lowest BCUT2D eigenvalue weighted by Crippen LogP contribution is -2.61. The molecule has 0 aromatic heterocycles. The van der Waals surface area contributed by atoms with Crippen molar-refractivity contribution in [3.63, 3.8) is 0 Å². The highest BCUT2D eigenvalue weighted by atomic mass is 16.6. The first-order valence-corrected chi connectivity index (χ1v) is 11.2. The first kappa shape index (κ1) is 24.1. The fourth-order valence-electron chi connectivity index (χ4n) is 4.08. The number of carbonyl (C=O) groups is 5. The molecule has 0 aliphatic carbocycles. The van der Waals surface area contributed by atoms with E-state index < -0.39 is 53.9 Å². The van der Waals surface area contributed by atoms with Crippen LogP contribution in [0.25, 0.3) is 0 Å². The molecule has 6 unspecified atom stereocenters. The van der Waals surface area contributed by atoms with Crippen molar-refractivity contribution in [1.29, 1.82) is 0 Å². The molecule has 3 rings (SSSR count). The fraction of sp³-hybridized carbons (Fsp3) is 0.762. The van der Waals surface area contributed by atoms with Crippen LogP contribution < -0.4 is 16.0 Å². The standard InChI is InChI=1S/C21H32N4O7/c1-11-18(28)22-12(2)19(29)24-13(6-4-3-5-7-14(26)16-10-32-16)21(31)25-9-8-15(27)17(25)20(30)23-11/h11-13,15-17,27H,3-10H2,1-2H3,(H,22,28)(H,23,30)(H,24,29). The van der Waals surface area contributed by atoms with E-state index in [0.29, 0.717) is 38.7 Å². The van der Waals surface area contributed by atoms with Crippen molar-refractivity contribution >= 4 is 29.4 Å². The molecule has 0 bridgehead atoms. The molecular weight excluding hydrogens is 420 g/mol. The molecular formula is C21H32N4O7. The number of aliphatic hydroxyl groups excluding tert-OH is 1. The number of nitrogens with one attached hydrogen (secondary N) is 3. The van der Waals surface area contributed by atoms with E-state index in [9.17, 15) is 29.1 Å². The van der Waals surface area contributed by atoms with Gasteiger partial charge in [-0.05, 0) is 33.1 Å². The van der Waals surface area contributed by atoms with Gasteiger partial charge in [0.2, 0.25) is 23.6 Å². The Kier molecular flexibility index (Phi) is 7.83. The van der Waals surface area contributed by atoms with Crippen molar-refractivity contribution in [1.82, 2.24) is 20.9 Å². The maximum atomic E-state index is 13.3. The number of rotatable bonds is 7. The molecule has 178 valence electrons. The quantitative estimate of drug-likeness (QED) is 0.267. The molecule has 0 aromatic rings. The number of Topliss-reactive ketones (excluding diaryl/α,β-unsaturated/α-hetero) is 1. The van der Waals surface area contributed by atoms with Crippen molar-refractivity contribution in [2.75, 3.05) is 13.2 Å². The molecule has 11 heteroatoms. The maximum absolute atomic E-state index is 13.3. The van der Waals surface area contributed by atoms with Crippen LogP contribution in [-0.2, 0) is 28.7 Å². The molecule has 0 aromatic carbocycles. The number of epoxide rings is 1. The summed E-state index contributed by atoms with van der Waals surface area (Å²) < 4.78 is 4.97. The second kappa shape index (κ2) is 10.4. The van der Waals surface area contributed by atoms with Crippen LogP contribution >= 0.6 is 0 Å². The third kappa shape index (κ3) is 5.83. The van der Waals surface area contributed by atoms with E-state index >= 15 is 0 Å². The third-order valence-electron chi connectivity index (χ3n) is 6.14. The summed E-state index contributed by atoms with van der Waals surface area (Å²) in [6.45, 7) is 3.64. The minimum atomic E-state index is -1.12. The SMILES string of the molecule is CC1NC(=O)C(C)NC(=O)C2C(O)CCN2C(=O)C(CCCCCC(=O)C2CO2)NC1=O. The van der Waals surface area contributed by atoms with Crippen LogP contribution in [0.3, 0.4) is 0 Å². The highest BCUT2D eigenvalue weighted by Gasteiger charge is 2.44. The Balaban J connectivity index is 1.68. The monoisotopic (exact) mass is 452 g/mol. The van der Waals surface area contributed by atoms with Gasteiger partial charge in [-0.2, -0.15) is 0 Å². The molecule has 3 saturated heterocycles. The minimum Gasteiger partial charge on any atom is -0.390 e. The summed E-state index contributed by atoms with van der Waals surface area (Å²) in [4.78, 5) is 63.9. The van der Waals surface area contributed by atoms with Gasteiger partial charge < -0.3 is 30.7 Å². The van der Waals surface area contributed by atoms with Crippen LogP contribution in [0.2, 0.25) is 0 Å². The van der Waals surface area contributed by atoms with Gasteiger partial charge in [0, 0.05) is 13.0 Å². The van der Waals surface area contributed by atoms with E-state index in [4.69, 9.17) is 4.74 Å². The Hall–Kier alpha value is -2.53. The molecule has 6 atom stereocenters. The summed E-state index contributed by atoms with van der Waals surface area (Å²) in [6, 6.07) is -3.85. The second-order valence-corrected chi connectivity index (χ2v) is 8.74. The number of nitrogens with zero attached hydrogens (tertiary/aromatic N) is 1. The number of hydrogen-bond acceptors (Lipinski definition) is 7. The molecule has 32 heavy (non-hydrogen) atoms. The summed E-state index contributed by atoms with van der Waals surface area (Å²) in [5.74, 6) is -2.01. The van der Waals surface area contributed by atoms with E-state index in [1.54, 1.807) is 0 Å². The van der Waals surface area contributed by atoms with Gasteiger partial charge in [0.05, 0.1) is 12.7 Å². The summed E-state index contributed by atoms with van der Waals surface area (Å²) in [6.07, 6.45) is 1.58. The minimum absolute atomic E-state index is 0.0825. The molecule has 4 N–H and O–H groups in total. The Labute approximate surface area is 186 Å². The molecule has 4 amide bonds. The number of hydrogen-bond donors (Lipinski definition) is 4. The molecule has 3 fully saturated rings. The summed E-state index contributed by atoms with van der Waals surface area (Å²) >= 11 is 0. The van der Waals surface area contributed by atoms with Crippen LogP contribution in [0, 0.1) is 0 Å². The highest BCUT2D eigenvalue weighted by Crippen LogP contribution is 2.22. The molecule has 0 saturated carbocycles. The van der Waals surface area contributed by atoms with Gasteiger partial charge in [-0.3, -0.25) is 24.0 Å². The second-order valence-electron chi connectivity index (χ2n) is 8.74. The average Bonchev–Trinajstić information content (AvgIpc) is 3.52. The predicted molar refractivity (Wildman–Crippen MR) is 111 cm³/mol. The van der Waals surface area contributed by atoms with Gasteiger partial charge in [0.1, 0.15) is 30.3 Å². The van der Waals surface area contributed by atoms with Gasteiger partial charge in [0.15, 0.2) is 5.78 Å². The number of amides is 4. The van der Waals surface area contributed by atoms with E-state index in [1.807, 2.05) is 0 Å². The van der Waals surface area contributed by atoms with Gasteiger partial charge in [-0.1, -0.05) is 12.8 Å². The van der Waals surface area contributed by atoms with Crippen molar-refractivity contribution in [2.24, 2.45) is 0 Å². The summed E-state index contributed by atoms with van der Waals surface area (Å²) in [7, 11) is 0. The number of carbonyl (C=O) groups excluding carboxylic acids is 5. The van der Waals surface area contributed by atoms with Crippen molar-refractivity contribution in [2.45, 2.75) is 88.7 Å². The Morgan fingerprint density at radius 3 is 2.28 bits per heavy atom. The molecule has 0 radical (unpaired) electrons. The smallest absolute Gasteiger partial charge is 0.246 e. The first-order valence-electron chi connectivity index (χ1n) is 11.2. The number of unbranched alkanes of at least 4 members (excludes halogenated alkanes) is 2. The Morgan fingerprint density at radius 1 is 1.00 bits per heavy atom. The molecule has 3 aliphatic rings. The number of ether oxygens (including phenoxy) is 1. The number of aliphatic hydroxyl groups is 1.